The number of likely N-dealkylation sites (N-methyl/N-ethyl adjacent to an activating group) is 1. The molecule has 0 saturated carbocycles. The van der Waals surface area contributed by atoms with Gasteiger partial charge in [-0.25, -0.2) is 4.98 Å². The molecule has 7 nitrogen and oxygen atoms in total. The second-order valence-corrected chi connectivity index (χ2v) is 6.87. The van der Waals surface area contributed by atoms with Crippen LogP contribution in [0.25, 0.3) is 11.5 Å². The maximum atomic E-state index is 12.4. The number of halogens is 1. The molecule has 0 aliphatic heterocycles. The van der Waals surface area contributed by atoms with E-state index in [9.17, 15) is 4.79 Å². The van der Waals surface area contributed by atoms with Crippen molar-refractivity contribution < 1.29 is 18.7 Å². The van der Waals surface area contributed by atoms with Gasteiger partial charge in [-0.3, -0.25) is 9.69 Å². The van der Waals surface area contributed by atoms with Crippen molar-refractivity contribution in [2.75, 3.05) is 33.1 Å². The summed E-state index contributed by atoms with van der Waals surface area (Å²) < 4.78 is 16.0. The van der Waals surface area contributed by atoms with E-state index in [0.29, 0.717) is 28.9 Å². The summed E-state index contributed by atoms with van der Waals surface area (Å²) in [5, 5.41) is 3.33. The van der Waals surface area contributed by atoms with Gasteiger partial charge in [-0.05, 0) is 49.5 Å². The van der Waals surface area contributed by atoms with Crippen molar-refractivity contribution in [3.63, 3.8) is 0 Å². The number of hydrogen-bond donors (Lipinski definition) is 1. The molecular formula is C21H22ClN3O4. The molecule has 0 radical (unpaired) electrons. The predicted molar refractivity (Wildman–Crippen MR) is 111 cm³/mol. The van der Waals surface area contributed by atoms with Crippen molar-refractivity contribution in [2.45, 2.75) is 6.54 Å². The molecule has 0 saturated heterocycles. The van der Waals surface area contributed by atoms with Gasteiger partial charge in [0.25, 0.3) is 0 Å². The summed E-state index contributed by atoms with van der Waals surface area (Å²) in [6, 6.07) is 12.5. The Morgan fingerprint density at radius 3 is 2.62 bits per heavy atom. The highest BCUT2D eigenvalue weighted by molar-refractivity contribution is 6.31. The van der Waals surface area contributed by atoms with Gasteiger partial charge in [-0.15, -0.1) is 0 Å². The molecule has 1 heterocycles. The Hall–Kier alpha value is -3.03. The number of carbonyl (C=O) groups is 1. The van der Waals surface area contributed by atoms with Crippen LogP contribution in [0.4, 0.5) is 5.69 Å². The standard InChI is InChI=1S/C21H22ClN3O4/c1-25(12-20(26)24-18-10-15(22)6-9-19(18)28-3)11-16-13-29-21(23-16)14-4-7-17(27-2)8-5-14/h4-10,13H,11-12H2,1-3H3,(H,24,26). The lowest BCUT2D eigenvalue weighted by molar-refractivity contribution is -0.117. The van der Waals surface area contributed by atoms with Crippen LogP contribution in [-0.2, 0) is 11.3 Å². The first-order valence-electron chi connectivity index (χ1n) is 8.89. The first-order chi connectivity index (χ1) is 14.0. The molecule has 1 N–H and O–H groups in total. The lowest BCUT2D eigenvalue weighted by Crippen LogP contribution is -2.30. The monoisotopic (exact) mass is 415 g/mol. The number of hydrogen-bond acceptors (Lipinski definition) is 6. The van der Waals surface area contributed by atoms with Crippen molar-refractivity contribution in [1.82, 2.24) is 9.88 Å². The molecule has 0 aliphatic rings. The lowest BCUT2D eigenvalue weighted by atomic mass is 10.2. The summed E-state index contributed by atoms with van der Waals surface area (Å²) in [6.07, 6.45) is 1.59. The molecule has 8 heteroatoms. The molecule has 3 aromatic rings. The summed E-state index contributed by atoms with van der Waals surface area (Å²) in [5.74, 6) is 1.64. The summed E-state index contributed by atoms with van der Waals surface area (Å²) >= 11 is 6.00. The minimum atomic E-state index is -0.188. The third-order valence-electron chi connectivity index (χ3n) is 4.17. The molecule has 152 valence electrons. The number of methoxy groups -OCH3 is 2. The van der Waals surface area contributed by atoms with Gasteiger partial charge in [-0.2, -0.15) is 0 Å². The number of anilines is 1. The van der Waals surface area contributed by atoms with E-state index >= 15 is 0 Å². The van der Waals surface area contributed by atoms with Crippen LogP contribution in [0, 0.1) is 0 Å². The zero-order chi connectivity index (χ0) is 20.8. The number of nitrogens with zero attached hydrogens (tertiary/aromatic N) is 2. The molecule has 0 unspecified atom stereocenters. The van der Waals surface area contributed by atoms with E-state index in [0.717, 1.165) is 17.0 Å². The van der Waals surface area contributed by atoms with Gasteiger partial charge in [0.2, 0.25) is 11.8 Å². The van der Waals surface area contributed by atoms with Gasteiger partial charge in [-0.1, -0.05) is 11.6 Å². The Kier molecular flexibility index (Phi) is 6.74. The van der Waals surface area contributed by atoms with Crippen LogP contribution in [0.3, 0.4) is 0 Å². The minimum absolute atomic E-state index is 0.167. The molecule has 1 amide bonds. The van der Waals surface area contributed by atoms with E-state index in [2.05, 4.69) is 10.3 Å². The SMILES string of the molecule is COc1ccc(-c2nc(CN(C)CC(=O)Nc3cc(Cl)ccc3OC)co2)cc1. The molecular weight excluding hydrogens is 394 g/mol. The fraction of sp³-hybridized carbons (Fsp3) is 0.238. The second kappa shape index (κ2) is 9.45. The van der Waals surface area contributed by atoms with Crippen molar-refractivity contribution in [3.8, 4) is 23.0 Å². The Morgan fingerprint density at radius 1 is 1.17 bits per heavy atom. The largest absolute Gasteiger partial charge is 0.497 e. The molecule has 0 atom stereocenters. The minimum Gasteiger partial charge on any atom is -0.497 e. The molecule has 0 spiro atoms. The molecule has 0 fully saturated rings. The first-order valence-corrected chi connectivity index (χ1v) is 9.27. The van der Waals surface area contributed by atoms with E-state index in [1.165, 1.54) is 7.11 Å². The van der Waals surface area contributed by atoms with Crippen LogP contribution >= 0.6 is 11.6 Å². The number of aromatic nitrogens is 1. The van der Waals surface area contributed by atoms with E-state index < -0.39 is 0 Å². The highest BCUT2D eigenvalue weighted by Crippen LogP contribution is 2.27. The van der Waals surface area contributed by atoms with Crippen molar-refractivity contribution in [2.24, 2.45) is 0 Å². The zero-order valence-electron chi connectivity index (χ0n) is 16.4. The van der Waals surface area contributed by atoms with Crippen LogP contribution in [0.2, 0.25) is 5.02 Å². The van der Waals surface area contributed by atoms with E-state index in [-0.39, 0.29) is 12.5 Å². The molecule has 29 heavy (non-hydrogen) atoms. The fourth-order valence-corrected chi connectivity index (χ4v) is 2.96. The van der Waals surface area contributed by atoms with Gasteiger partial charge in [0.15, 0.2) is 0 Å². The predicted octanol–water partition coefficient (Wildman–Crippen LogP) is 4.08. The smallest absolute Gasteiger partial charge is 0.238 e. The van der Waals surface area contributed by atoms with E-state index in [1.54, 1.807) is 31.6 Å². The summed E-state index contributed by atoms with van der Waals surface area (Å²) in [6.45, 7) is 0.625. The van der Waals surface area contributed by atoms with Gasteiger partial charge in [0, 0.05) is 17.1 Å². The van der Waals surface area contributed by atoms with Crippen LogP contribution in [0.5, 0.6) is 11.5 Å². The van der Waals surface area contributed by atoms with Crippen molar-refractivity contribution in [3.05, 3.63) is 59.4 Å². The van der Waals surface area contributed by atoms with Gasteiger partial charge < -0.3 is 19.2 Å². The Morgan fingerprint density at radius 2 is 1.93 bits per heavy atom. The molecule has 2 aromatic carbocycles. The van der Waals surface area contributed by atoms with E-state index in [4.69, 9.17) is 25.5 Å². The maximum absolute atomic E-state index is 12.4. The van der Waals surface area contributed by atoms with Crippen LogP contribution in [-0.4, -0.2) is 43.6 Å². The molecule has 1 aromatic heterocycles. The second-order valence-electron chi connectivity index (χ2n) is 6.44. The molecule has 3 rings (SSSR count). The number of rotatable bonds is 8. The number of ether oxygens (including phenoxy) is 2. The third-order valence-corrected chi connectivity index (χ3v) is 4.40. The fourth-order valence-electron chi connectivity index (χ4n) is 2.79. The third kappa shape index (κ3) is 5.49. The Balaban J connectivity index is 1.58. The van der Waals surface area contributed by atoms with Crippen molar-refractivity contribution >= 4 is 23.2 Å². The van der Waals surface area contributed by atoms with Gasteiger partial charge >= 0.3 is 0 Å². The van der Waals surface area contributed by atoms with Gasteiger partial charge in [0.05, 0.1) is 32.1 Å². The zero-order valence-corrected chi connectivity index (χ0v) is 17.2. The first kappa shape index (κ1) is 20.7. The number of nitrogens with one attached hydrogen (secondary N) is 1. The van der Waals surface area contributed by atoms with Crippen molar-refractivity contribution in [1.29, 1.82) is 0 Å². The highest BCUT2D eigenvalue weighted by Gasteiger charge is 2.13. The molecule has 0 bridgehead atoms. The lowest BCUT2D eigenvalue weighted by Gasteiger charge is -2.16. The number of carbonyl (C=O) groups excluding carboxylic acids is 1. The maximum Gasteiger partial charge on any atom is 0.238 e. The quantitative estimate of drug-likeness (QED) is 0.597. The average Bonchev–Trinajstić information content (AvgIpc) is 3.16. The number of oxazole rings is 1. The Labute approximate surface area is 174 Å². The van der Waals surface area contributed by atoms with E-state index in [1.807, 2.05) is 36.2 Å². The highest BCUT2D eigenvalue weighted by atomic mass is 35.5. The van der Waals surface area contributed by atoms with Gasteiger partial charge in [0.1, 0.15) is 17.8 Å². The van der Waals surface area contributed by atoms with Crippen LogP contribution < -0.4 is 14.8 Å². The summed E-state index contributed by atoms with van der Waals surface area (Å²) in [5.41, 5.74) is 2.11. The van der Waals surface area contributed by atoms with Crippen LogP contribution in [0.15, 0.2) is 53.1 Å². The topological polar surface area (TPSA) is 76.8 Å². The van der Waals surface area contributed by atoms with Crippen LogP contribution in [0.1, 0.15) is 5.69 Å². The summed E-state index contributed by atoms with van der Waals surface area (Å²) in [4.78, 5) is 18.7. The summed E-state index contributed by atoms with van der Waals surface area (Å²) in [7, 11) is 4.99. The molecule has 0 aliphatic carbocycles. The average molecular weight is 416 g/mol. The number of amides is 1. The Bertz CT molecular complexity index is 972. The normalized spacial score (nSPS) is 10.8. The number of benzene rings is 2.